The highest BCUT2D eigenvalue weighted by molar-refractivity contribution is 6.11. The SMILES string of the molecule is O=C1N(Cc2cnc(=O)[nH]c2)c2ccccc2C12COc1cc3c(cc12)OCCO3. The van der Waals surface area contributed by atoms with Crippen LogP contribution in [0.4, 0.5) is 5.69 Å². The number of nitrogens with zero attached hydrogens (tertiary/aromatic N) is 2. The Hall–Kier alpha value is -3.81. The lowest BCUT2D eigenvalue weighted by atomic mass is 9.77. The second-order valence-corrected chi connectivity index (χ2v) is 7.52. The van der Waals surface area contributed by atoms with Gasteiger partial charge in [0.15, 0.2) is 11.5 Å². The van der Waals surface area contributed by atoms with Crippen LogP contribution < -0.4 is 24.8 Å². The molecule has 0 fully saturated rings. The molecule has 1 amide bonds. The van der Waals surface area contributed by atoms with Gasteiger partial charge in [-0.1, -0.05) is 18.2 Å². The molecule has 8 nitrogen and oxygen atoms in total. The van der Waals surface area contributed by atoms with Gasteiger partial charge in [0, 0.05) is 35.3 Å². The molecule has 0 aliphatic carbocycles. The highest BCUT2D eigenvalue weighted by atomic mass is 16.6. The van der Waals surface area contributed by atoms with Crippen molar-refractivity contribution in [1.29, 1.82) is 0 Å². The van der Waals surface area contributed by atoms with E-state index in [-0.39, 0.29) is 12.5 Å². The first-order valence-corrected chi connectivity index (χ1v) is 9.69. The van der Waals surface area contributed by atoms with Crippen LogP contribution in [-0.2, 0) is 16.8 Å². The van der Waals surface area contributed by atoms with Crippen LogP contribution in [0.1, 0.15) is 16.7 Å². The maximum atomic E-state index is 13.9. The van der Waals surface area contributed by atoms with E-state index in [0.717, 1.165) is 22.4 Å². The first kappa shape index (κ1) is 17.1. The van der Waals surface area contributed by atoms with E-state index in [1.54, 1.807) is 11.1 Å². The quantitative estimate of drug-likeness (QED) is 0.701. The third-order valence-electron chi connectivity index (χ3n) is 5.88. The minimum atomic E-state index is -0.947. The predicted molar refractivity (Wildman–Crippen MR) is 106 cm³/mol. The summed E-state index contributed by atoms with van der Waals surface area (Å²) < 4.78 is 17.4. The smallest absolute Gasteiger partial charge is 0.344 e. The second kappa shape index (κ2) is 6.09. The topological polar surface area (TPSA) is 93.8 Å². The molecule has 1 unspecified atom stereocenters. The molecule has 3 aliphatic heterocycles. The number of hydrogen-bond acceptors (Lipinski definition) is 6. The Labute approximate surface area is 171 Å². The number of aromatic nitrogens is 2. The molecule has 0 saturated carbocycles. The summed E-state index contributed by atoms with van der Waals surface area (Å²) in [5.41, 5.74) is 1.86. The lowest BCUT2D eigenvalue weighted by Crippen LogP contribution is -2.42. The number of para-hydroxylation sites is 1. The van der Waals surface area contributed by atoms with Gasteiger partial charge >= 0.3 is 5.69 Å². The Morgan fingerprint density at radius 2 is 1.80 bits per heavy atom. The largest absolute Gasteiger partial charge is 0.491 e. The fourth-order valence-corrected chi connectivity index (χ4v) is 4.51. The molecule has 3 aromatic rings. The number of ether oxygens (including phenoxy) is 3. The average Bonchev–Trinajstić information content (AvgIpc) is 3.26. The van der Waals surface area contributed by atoms with E-state index < -0.39 is 11.1 Å². The van der Waals surface area contributed by atoms with Crippen molar-refractivity contribution in [3.63, 3.8) is 0 Å². The molecule has 4 heterocycles. The van der Waals surface area contributed by atoms with Crippen molar-refractivity contribution >= 4 is 11.6 Å². The van der Waals surface area contributed by atoms with Crippen LogP contribution in [0.3, 0.4) is 0 Å². The van der Waals surface area contributed by atoms with Crippen LogP contribution in [0.2, 0.25) is 0 Å². The van der Waals surface area contributed by atoms with Crippen LogP contribution >= 0.6 is 0 Å². The summed E-state index contributed by atoms with van der Waals surface area (Å²) in [4.78, 5) is 33.2. The molecular formula is C22H17N3O5. The zero-order valence-corrected chi connectivity index (χ0v) is 15.9. The van der Waals surface area contributed by atoms with Crippen LogP contribution in [0.25, 0.3) is 0 Å². The summed E-state index contributed by atoms with van der Waals surface area (Å²) in [6.07, 6.45) is 3.07. The van der Waals surface area contributed by atoms with Gasteiger partial charge in [0.2, 0.25) is 5.91 Å². The number of fused-ring (bicyclic) bond motifs is 5. The van der Waals surface area contributed by atoms with Crippen LogP contribution in [0.5, 0.6) is 17.2 Å². The lowest BCUT2D eigenvalue weighted by molar-refractivity contribution is -0.122. The van der Waals surface area contributed by atoms with Gasteiger partial charge in [-0.3, -0.25) is 4.79 Å². The van der Waals surface area contributed by atoms with Crippen molar-refractivity contribution in [3.8, 4) is 17.2 Å². The summed E-state index contributed by atoms with van der Waals surface area (Å²) in [7, 11) is 0. The molecule has 6 rings (SSSR count). The number of benzene rings is 2. The summed E-state index contributed by atoms with van der Waals surface area (Å²) in [6, 6.07) is 11.4. The third-order valence-corrected chi connectivity index (χ3v) is 5.88. The Bertz CT molecular complexity index is 1230. The van der Waals surface area contributed by atoms with Crippen molar-refractivity contribution in [2.75, 3.05) is 24.7 Å². The van der Waals surface area contributed by atoms with Gasteiger partial charge in [0.25, 0.3) is 0 Å². The third kappa shape index (κ3) is 2.24. The molecular weight excluding hydrogens is 386 g/mol. The molecule has 30 heavy (non-hydrogen) atoms. The number of aromatic amines is 1. The van der Waals surface area contributed by atoms with Crippen molar-refractivity contribution < 1.29 is 19.0 Å². The van der Waals surface area contributed by atoms with Gasteiger partial charge in [-0.2, -0.15) is 0 Å². The zero-order valence-electron chi connectivity index (χ0n) is 15.9. The van der Waals surface area contributed by atoms with Gasteiger partial charge in [-0.05, 0) is 17.7 Å². The van der Waals surface area contributed by atoms with E-state index >= 15 is 0 Å². The number of rotatable bonds is 2. The molecule has 0 saturated heterocycles. The molecule has 0 radical (unpaired) electrons. The Morgan fingerprint density at radius 3 is 2.60 bits per heavy atom. The van der Waals surface area contributed by atoms with E-state index in [1.807, 2.05) is 36.4 Å². The van der Waals surface area contributed by atoms with E-state index in [4.69, 9.17) is 14.2 Å². The summed E-state index contributed by atoms with van der Waals surface area (Å²) in [5, 5.41) is 0. The molecule has 8 heteroatoms. The number of carbonyl (C=O) groups excluding carboxylic acids is 1. The van der Waals surface area contributed by atoms with Gasteiger partial charge < -0.3 is 24.1 Å². The number of hydrogen-bond donors (Lipinski definition) is 1. The highest BCUT2D eigenvalue weighted by Gasteiger charge is 2.57. The first-order chi connectivity index (χ1) is 14.7. The fourth-order valence-electron chi connectivity index (χ4n) is 4.51. The summed E-state index contributed by atoms with van der Waals surface area (Å²) in [5.74, 6) is 1.81. The monoisotopic (exact) mass is 403 g/mol. The molecule has 1 atom stereocenters. The number of carbonyl (C=O) groups is 1. The van der Waals surface area contributed by atoms with Crippen molar-refractivity contribution in [2.45, 2.75) is 12.0 Å². The fraction of sp³-hybridized carbons (Fsp3) is 0.227. The lowest BCUT2D eigenvalue weighted by Gasteiger charge is -2.24. The van der Waals surface area contributed by atoms with Crippen molar-refractivity contribution in [2.24, 2.45) is 0 Å². The molecule has 1 aromatic heterocycles. The molecule has 0 bridgehead atoms. The number of amides is 1. The standard InChI is InChI=1S/C22H17N3O5/c26-20-22(12-30-17-8-19-18(7-15(17)22)28-5-6-29-19)14-3-1-2-4-16(14)25(20)11-13-9-23-21(27)24-10-13/h1-4,7-10H,5-6,11-12H2,(H,23,24,27). The average molecular weight is 403 g/mol. The molecule has 1 spiro atoms. The summed E-state index contributed by atoms with van der Waals surface area (Å²) >= 11 is 0. The molecule has 150 valence electrons. The van der Waals surface area contributed by atoms with E-state index in [0.29, 0.717) is 37.0 Å². The van der Waals surface area contributed by atoms with E-state index in [1.165, 1.54) is 6.20 Å². The molecule has 1 N–H and O–H groups in total. The predicted octanol–water partition coefficient (Wildman–Crippen LogP) is 1.77. The maximum Gasteiger partial charge on any atom is 0.344 e. The minimum absolute atomic E-state index is 0.0784. The molecule has 2 aromatic carbocycles. The van der Waals surface area contributed by atoms with Gasteiger partial charge in [0.05, 0.1) is 6.54 Å². The normalized spacial score (nSPS) is 20.8. The van der Waals surface area contributed by atoms with Crippen molar-refractivity contribution in [1.82, 2.24) is 9.97 Å². The van der Waals surface area contributed by atoms with Gasteiger partial charge in [-0.15, -0.1) is 0 Å². The van der Waals surface area contributed by atoms with Gasteiger partial charge in [-0.25, -0.2) is 9.78 Å². The second-order valence-electron chi connectivity index (χ2n) is 7.52. The van der Waals surface area contributed by atoms with Crippen LogP contribution in [0, 0.1) is 0 Å². The van der Waals surface area contributed by atoms with Gasteiger partial charge in [0.1, 0.15) is 31.0 Å². The Balaban J connectivity index is 1.49. The summed E-state index contributed by atoms with van der Waals surface area (Å²) in [6.45, 7) is 1.46. The number of nitrogens with one attached hydrogen (secondary N) is 1. The van der Waals surface area contributed by atoms with E-state index in [9.17, 15) is 9.59 Å². The van der Waals surface area contributed by atoms with E-state index in [2.05, 4.69) is 9.97 Å². The first-order valence-electron chi connectivity index (χ1n) is 9.69. The Morgan fingerprint density at radius 1 is 1.00 bits per heavy atom. The highest BCUT2D eigenvalue weighted by Crippen LogP contribution is 2.54. The Kier molecular flexibility index (Phi) is 3.47. The maximum absolute atomic E-state index is 13.9. The zero-order chi connectivity index (χ0) is 20.3. The molecule has 3 aliphatic rings. The number of H-pyrrole nitrogens is 1. The number of anilines is 1. The van der Waals surface area contributed by atoms with Crippen LogP contribution in [0.15, 0.2) is 53.6 Å². The van der Waals surface area contributed by atoms with Crippen molar-refractivity contribution in [3.05, 3.63) is 76.0 Å². The minimum Gasteiger partial charge on any atom is -0.491 e. The van der Waals surface area contributed by atoms with Crippen LogP contribution in [-0.4, -0.2) is 35.7 Å².